The maximum Gasteiger partial charge on any atom is 0.255 e. The molecule has 1 fully saturated rings. The van der Waals surface area contributed by atoms with E-state index in [2.05, 4.69) is 5.32 Å². The number of ether oxygens (including phenoxy) is 2. The number of nitrogens with one attached hydrogen (secondary N) is 1. The van der Waals surface area contributed by atoms with Gasteiger partial charge in [0, 0.05) is 17.3 Å². The topological polar surface area (TPSA) is 84.9 Å². The van der Waals surface area contributed by atoms with Crippen molar-refractivity contribution in [1.82, 2.24) is 0 Å². The lowest BCUT2D eigenvalue weighted by Crippen LogP contribution is -2.31. The van der Waals surface area contributed by atoms with Crippen LogP contribution in [0.1, 0.15) is 23.2 Å². The fourth-order valence-electron chi connectivity index (χ4n) is 2.91. The second-order valence-electron chi connectivity index (χ2n) is 6.36. The average Bonchev–Trinajstić information content (AvgIpc) is 3.30. The van der Waals surface area contributed by atoms with Crippen molar-refractivity contribution in [3.8, 4) is 11.5 Å². The van der Waals surface area contributed by atoms with E-state index < -0.39 is 10.0 Å². The maximum absolute atomic E-state index is 12.4. The molecule has 2 aromatic rings. The molecule has 8 heteroatoms. The highest BCUT2D eigenvalue weighted by molar-refractivity contribution is 7.92. The van der Waals surface area contributed by atoms with E-state index in [9.17, 15) is 13.2 Å². The van der Waals surface area contributed by atoms with Crippen molar-refractivity contribution in [2.75, 3.05) is 22.7 Å². The predicted molar refractivity (Wildman–Crippen MR) is 97.3 cm³/mol. The number of sulfonamides is 1. The van der Waals surface area contributed by atoms with Gasteiger partial charge in [0.05, 0.1) is 11.9 Å². The Kier molecular flexibility index (Phi) is 3.99. The first-order valence-electron chi connectivity index (χ1n) is 8.22. The van der Waals surface area contributed by atoms with Gasteiger partial charge in [0.25, 0.3) is 5.91 Å². The Hall–Kier alpha value is -2.74. The van der Waals surface area contributed by atoms with Crippen LogP contribution in [0.4, 0.5) is 11.4 Å². The van der Waals surface area contributed by atoms with E-state index in [4.69, 9.17) is 9.47 Å². The fourth-order valence-corrected chi connectivity index (χ4v) is 4.17. The lowest BCUT2D eigenvalue weighted by molar-refractivity contribution is 0.102. The molecule has 1 amide bonds. The van der Waals surface area contributed by atoms with Gasteiger partial charge < -0.3 is 14.8 Å². The Morgan fingerprint density at radius 2 is 1.77 bits per heavy atom. The Labute approximate surface area is 151 Å². The summed E-state index contributed by atoms with van der Waals surface area (Å²) in [4.78, 5) is 12.4. The Bertz CT molecular complexity index is 952. The van der Waals surface area contributed by atoms with Crippen LogP contribution in [0, 0.1) is 0 Å². The number of hydrogen-bond donors (Lipinski definition) is 1. The van der Waals surface area contributed by atoms with E-state index in [0.29, 0.717) is 28.4 Å². The van der Waals surface area contributed by atoms with Crippen molar-refractivity contribution >= 4 is 27.3 Å². The second-order valence-corrected chi connectivity index (χ2v) is 8.22. The first-order valence-corrected chi connectivity index (χ1v) is 10.1. The molecule has 1 N–H and O–H groups in total. The molecule has 136 valence electrons. The zero-order valence-corrected chi connectivity index (χ0v) is 15.0. The first kappa shape index (κ1) is 16.7. The lowest BCUT2D eigenvalue weighted by Gasteiger charge is -2.22. The number of rotatable bonds is 5. The van der Waals surface area contributed by atoms with Gasteiger partial charge in [-0.15, -0.1) is 0 Å². The molecule has 1 aliphatic carbocycles. The van der Waals surface area contributed by atoms with Crippen LogP contribution in [0.5, 0.6) is 11.5 Å². The summed E-state index contributed by atoms with van der Waals surface area (Å²) < 4.78 is 35.9. The van der Waals surface area contributed by atoms with Crippen LogP contribution >= 0.6 is 0 Å². The summed E-state index contributed by atoms with van der Waals surface area (Å²) in [7, 11) is -3.32. The van der Waals surface area contributed by atoms with Crippen molar-refractivity contribution in [3.05, 3.63) is 48.0 Å². The van der Waals surface area contributed by atoms with Gasteiger partial charge in [-0.1, -0.05) is 0 Å². The van der Waals surface area contributed by atoms with Gasteiger partial charge in [-0.3, -0.25) is 9.10 Å². The van der Waals surface area contributed by atoms with Crippen molar-refractivity contribution in [1.29, 1.82) is 0 Å². The van der Waals surface area contributed by atoms with Crippen LogP contribution in [-0.2, 0) is 10.0 Å². The van der Waals surface area contributed by atoms with Gasteiger partial charge in [-0.05, 0) is 55.3 Å². The zero-order valence-electron chi connectivity index (χ0n) is 14.1. The summed E-state index contributed by atoms with van der Waals surface area (Å²) in [5.74, 6) is 0.881. The molecule has 26 heavy (non-hydrogen) atoms. The number of anilines is 2. The third-order valence-corrected chi connectivity index (χ3v) is 5.47. The SMILES string of the molecule is CS(=O)(=O)N(c1ccc(NC(=O)c2ccc3c(c2)OCO3)cc1)C1CC1. The van der Waals surface area contributed by atoms with E-state index in [-0.39, 0.29) is 18.7 Å². The molecular formula is C18H18N2O5S. The molecular weight excluding hydrogens is 356 g/mol. The molecule has 4 rings (SSSR count). The molecule has 2 aromatic carbocycles. The normalized spacial score (nSPS) is 15.6. The molecule has 2 aliphatic rings. The molecule has 0 radical (unpaired) electrons. The van der Waals surface area contributed by atoms with Crippen LogP contribution in [-0.4, -0.2) is 33.4 Å². The molecule has 1 heterocycles. The Balaban J connectivity index is 1.50. The van der Waals surface area contributed by atoms with Crippen LogP contribution < -0.4 is 19.1 Å². The van der Waals surface area contributed by atoms with Crippen molar-refractivity contribution in [3.63, 3.8) is 0 Å². The van der Waals surface area contributed by atoms with Gasteiger partial charge in [0.2, 0.25) is 16.8 Å². The minimum absolute atomic E-state index is 0.0408. The highest BCUT2D eigenvalue weighted by Crippen LogP contribution is 2.35. The maximum atomic E-state index is 12.4. The molecule has 0 spiro atoms. The van der Waals surface area contributed by atoms with E-state index in [1.807, 2.05) is 0 Å². The van der Waals surface area contributed by atoms with E-state index in [1.165, 1.54) is 10.6 Å². The van der Waals surface area contributed by atoms with Crippen LogP contribution in [0.25, 0.3) is 0 Å². The third-order valence-electron chi connectivity index (χ3n) is 4.25. The Morgan fingerprint density at radius 3 is 2.42 bits per heavy atom. The number of benzene rings is 2. The number of carbonyl (C=O) groups excluding carboxylic acids is 1. The molecule has 0 aromatic heterocycles. The highest BCUT2D eigenvalue weighted by atomic mass is 32.2. The smallest absolute Gasteiger partial charge is 0.255 e. The summed E-state index contributed by atoms with van der Waals surface area (Å²) in [5.41, 5.74) is 1.64. The molecule has 1 saturated carbocycles. The molecule has 0 unspecified atom stereocenters. The van der Waals surface area contributed by atoms with Crippen molar-refractivity contribution in [2.45, 2.75) is 18.9 Å². The lowest BCUT2D eigenvalue weighted by atomic mass is 10.2. The standard InChI is InChI=1S/C18H18N2O5S/c1-26(22,23)20(15-7-8-15)14-5-3-13(4-6-14)19-18(21)12-2-9-16-17(10-12)25-11-24-16/h2-6,9-10,15H,7-8,11H2,1H3,(H,19,21). The van der Waals surface area contributed by atoms with Crippen molar-refractivity contribution < 1.29 is 22.7 Å². The minimum atomic E-state index is -3.32. The van der Waals surface area contributed by atoms with Crippen LogP contribution in [0.15, 0.2) is 42.5 Å². The van der Waals surface area contributed by atoms with E-state index in [0.717, 1.165) is 12.8 Å². The third kappa shape index (κ3) is 3.32. The molecule has 0 bridgehead atoms. The van der Waals surface area contributed by atoms with Gasteiger partial charge in [-0.25, -0.2) is 8.42 Å². The summed E-state index contributed by atoms with van der Waals surface area (Å²) in [6.07, 6.45) is 2.95. The quantitative estimate of drug-likeness (QED) is 0.870. The Morgan fingerprint density at radius 1 is 1.08 bits per heavy atom. The van der Waals surface area contributed by atoms with Gasteiger partial charge >= 0.3 is 0 Å². The molecule has 0 saturated heterocycles. The predicted octanol–water partition coefficient (Wildman–Crippen LogP) is 2.60. The minimum Gasteiger partial charge on any atom is -0.454 e. The van der Waals surface area contributed by atoms with Crippen LogP contribution in [0.2, 0.25) is 0 Å². The largest absolute Gasteiger partial charge is 0.454 e. The number of nitrogens with zero attached hydrogens (tertiary/aromatic N) is 1. The van der Waals surface area contributed by atoms with Gasteiger partial charge in [0.1, 0.15) is 0 Å². The zero-order chi connectivity index (χ0) is 18.3. The van der Waals surface area contributed by atoms with Gasteiger partial charge in [0.15, 0.2) is 11.5 Å². The molecule has 0 atom stereocenters. The summed E-state index contributed by atoms with van der Waals surface area (Å²) in [6.45, 7) is 0.152. The van der Waals surface area contributed by atoms with Crippen LogP contribution in [0.3, 0.4) is 0 Å². The van der Waals surface area contributed by atoms with E-state index >= 15 is 0 Å². The summed E-state index contributed by atoms with van der Waals surface area (Å²) >= 11 is 0. The monoisotopic (exact) mass is 374 g/mol. The molecule has 7 nitrogen and oxygen atoms in total. The highest BCUT2D eigenvalue weighted by Gasteiger charge is 2.35. The summed E-state index contributed by atoms with van der Waals surface area (Å²) in [6, 6.07) is 11.8. The number of amides is 1. The number of carbonyl (C=O) groups is 1. The second kappa shape index (κ2) is 6.21. The first-order chi connectivity index (χ1) is 12.4. The number of fused-ring (bicyclic) bond motifs is 1. The molecule has 1 aliphatic heterocycles. The average molecular weight is 374 g/mol. The summed E-state index contributed by atoms with van der Waals surface area (Å²) in [5, 5.41) is 2.80. The van der Waals surface area contributed by atoms with E-state index in [1.54, 1.807) is 42.5 Å². The fraction of sp³-hybridized carbons (Fsp3) is 0.278. The number of hydrogen-bond acceptors (Lipinski definition) is 5. The van der Waals surface area contributed by atoms with Crippen molar-refractivity contribution in [2.24, 2.45) is 0 Å². The van der Waals surface area contributed by atoms with Gasteiger partial charge in [-0.2, -0.15) is 0 Å².